The molecular formula is C9H14N2O. The van der Waals surface area contributed by atoms with Crippen molar-refractivity contribution in [3.63, 3.8) is 0 Å². The lowest BCUT2D eigenvalue weighted by atomic mass is 10.2. The van der Waals surface area contributed by atoms with E-state index in [-0.39, 0.29) is 0 Å². The Morgan fingerprint density at radius 1 is 1.75 bits per heavy atom. The predicted octanol–water partition coefficient (Wildman–Crippen LogP) is 1.61. The molecule has 3 heteroatoms. The van der Waals surface area contributed by atoms with Gasteiger partial charge in [0.1, 0.15) is 6.10 Å². The van der Waals surface area contributed by atoms with Gasteiger partial charge in [0.15, 0.2) is 0 Å². The number of hydrogen-bond acceptors (Lipinski definition) is 2. The van der Waals surface area contributed by atoms with Gasteiger partial charge in [-0.15, -0.1) is 0 Å². The maximum absolute atomic E-state index is 5.21. The molecule has 0 aromatic carbocycles. The monoisotopic (exact) mass is 166 g/mol. The molecule has 0 spiro atoms. The lowest BCUT2D eigenvalue weighted by Crippen LogP contribution is -2.09. The van der Waals surface area contributed by atoms with Crippen molar-refractivity contribution in [2.45, 2.75) is 26.5 Å². The van der Waals surface area contributed by atoms with E-state index in [9.17, 15) is 0 Å². The van der Waals surface area contributed by atoms with Crippen LogP contribution in [-0.2, 0) is 11.3 Å². The molecule has 0 aliphatic carbocycles. The minimum absolute atomic E-state index is 0.325. The van der Waals surface area contributed by atoms with Gasteiger partial charge >= 0.3 is 0 Å². The molecular weight excluding hydrogens is 152 g/mol. The molecule has 1 aromatic heterocycles. The van der Waals surface area contributed by atoms with Crippen LogP contribution in [0.3, 0.4) is 0 Å². The summed E-state index contributed by atoms with van der Waals surface area (Å²) in [5, 5.41) is 4.25. The summed E-state index contributed by atoms with van der Waals surface area (Å²) in [6, 6.07) is 2.04. The Kier molecular flexibility index (Phi) is 1.89. The maximum atomic E-state index is 5.21. The van der Waals surface area contributed by atoms with E-state index in [0.717, 1.165) is 13.2 Å². The van der Waals surface area contributed by atoms with Gasteiger partial charge in [0, 0.05) is 12.7 Å². The minimum Gasteiger partial charge on any atom is -0.366 e. The van der Waals surface area contributed by atoms with E-state index in [4.69, 9.17) is 4.74 Å². The first-order valence-electron chi connectivity index (χ1n) is 4.40. The van der Waals surface area contributed by atoms with Gasteiger partial charge in [-0.05, 0) is 12.0 Å². The molecule has 3 nitrogen and oxygen atoms in total. The smallest absolute Gasteiger partial charge is 0.123 e. The third-order valence-electron chi connectivity index (χ3n) is 1.95. The molecule has 1 fully saturated rings. The number of aromatic nitrogens is 2. The van der Waals surface area contributed by atoms with Crippen molar-refractivity contribution in [3.8, 4) is 0 Å². The second kappa shape index (κ2) is 2.90. The maximum Gasteiger partial charge on any atom is 0.123 e. The van der Waals surface area contributed by atoms with Crippen molar-refractivity contribution in [2.24, 2.45) is 5.92 Å². The van der Waals surface area contributed by atoms with Crippen molar-refractivity contribution >= 4 is 0 Å². The van der Waals surface area contributed by atoms with Crippen molar-refractivity contribution in [1.82, 2.24) is 9.78 Å². The highest BCUT2D eigenvalue weighted by Crippen LogP contribution is 2.29. The molecule has 1 saturated heterocycles. The summed E-state index contributed by atoms with van der Waals surface area (Å²) in [4.78, 5) is 0. The van der Waals surface area contributed by atoms with Gasteiger partial charge in [0.2, 0.25) is 0 Å². The average Bonchev–Trinajstić information content (AvgIpc) is 2.73. The second-order valence-electron chi connectivity index (χ2n) is 3.65. The quantitative estimate of drug-likeness (QED) is 0.638. The van der Waals surface area contributed by atoms with Crippen LogP contribution in [0.25, 0.3) is 0 Å². The van der Waals surface area contributed by atoms with Gasteiger partial charge in [-0.3, -0.25) is 4.68 Å². The Bertz CT molecular complexity index is 263. The van der Waals surface area contributed by atoms with Gasteiger partial charge in [-0.1, -0.05) is 13.8 Å². The fourth-order valence-corrected chi connectivity index (χ4v) is 1.33. The molecule has 0 unspecified atom stereocenters. The summed E-state index contributed by atoms with van der Waals surface area (Å²) in [5.74, 6) is 0.641. The highest BCUT2D eigenvalue weighted by molar-refractivity contribution is 5.08. The van der Waals surface area contributed by atoms with E-state index in [0.29, 0.717) is 12.0 Å². The third-order valence-corrected chi connectivity index (χ3v) is 1.95. The zero-order valence-corrected chi connectivity index (χ0v) is 7.53. The van der Waals surface area contributed by atoms with Crippen LogP contribution in [0.5, 0.6) is 0 Å². The number of ether oxygens (including phenoxy) is 1. The number of nitrogens with zero attached hydrogens (tertiary/aromatic N) is 2. The van der Waals surface area contributed by atoms with E-state index >= 15 is 0 Å². The predicted molar refractivity (Wildman–Crippen MR) is 45.8 cm³/mol. The highest BCUT2D eigenvalue weighted by atomic mass is 16.6. The molecule has 1 aliphatic rings. The summed E-state index contributed by atoms with van der Waals surface area (Å²) in [7, 11) is 0. The molecule has 0 amide bonds. The summed E-state index contributed by atoms with van der Waals surface area (Å²) in [6.07, 6.45) is 2.17. The van der Waals surface area contributed by atoms with Crippen molar-refractivity contribution < 1.29 is 4.74 Å². The van der Waals surface area contributed by atoms with Crippen LogP contribution >= 0.6 is 0 Å². The van der Waals surface area contributed by atoms with Crippen LogP contribution in [-0.4, -0.2) is 16.4 Å². The van der Waals surface area contributed by atoms with Crippen LogP contribution in [0.4, 0.5) is 0 Å². The van der Waals surface area contributed by atoms with E-state index < -0.39 is 0 Å². The van der Waals surface area contributed by atoms with E-state index in [1.807, 2.05) is 16.9 Å². The standard InChI is InChI=1S/C9H14N2O/c1-7(2)5-11-8(3-4-10-11)9-6-12-9/h3-4,7,9H,5-6H2,1-2H3/t9-/m1/s1. The second-order valence-corrected chi connectivity index (χ2v) is 3.65. The molecule has 12 heavy (non-hydrogen) atoms. The van der Waals surface area contributed by atoms with Crippen molar-refractivity contribution in [1.29, 1.82) is 0 Å². The number of epoxide rings is 1. The Balaban J connectivity index is 2.13. The zero-order valence-electron chi connectivity index (χ0n) is 7.53. The van der Waals surface area contributed by atoms with Gasteiger partial charge < -0.3 is 4.74 Å². The molecule has 2 rings (SSSR count). The summed E-state index contributed by atoms with van der Waals surface area (Å²) in [5.41, 5.74) is 1.23. The molecule has 2 heterocycles. The van der Waals surface area contributed by atoms with Gasteiger partial charge in [-0.2, -0.15) is 5.10 Å². The molecule has 0 radical (unpaired) electrons. The van der Waals surface area contributed by atoms with Gasteiger partial charge in [0.25, 0.3) is 0 Å². The highest BCUT2D eigenvalue weighted by Gasteiger charge is 2.28. The minimum atomic E-state index is 0.325. The summed E-state index contributed by atoms with van der Waals surface area (Å²) >= 11 is 0. The molecule has 0 N–H and O–H groups in total. The first-order valence-corrected chi connectivity index (χ1v) is 4.40. The van der Waals surface area contributed by atoms with Gasteiger partial charge in [0.05, 0.1) is 12.3 Å². The molecule has 0 bridgehead atoms. The van der Waals surface area contributed by atoms with Crippen LogP contribution in [0.15, 0.2) is 12.3 Å². The third kappa shape index (κ3) is 1.50. The summed E-state index contributed by atoms with van der Waals surface area (Å²) < 4.78 is 7.26. The number of rotatable bonds is 3. The van der Waals surface area contributed by atoms with Crippen molar-refractivity contribution in [3.05, 3.63) is 18.0 Å². The molecule has 0 saturated carbocycles. The Hall–Kier alpha value is -0.830. The largest absolute Gasteiger partial charge is 0.366 e. The van der Waals surface area contributed by atoms with Crippen LogP contribution in [0.2, 0.25) is 0 Å². The normalized spacial score (nSPS) is 21.8. The van der Waals surface area contributed by atoms with Gasteiger partial charge in [-0.25, -0.2) is 0 Å². The Morgan fingerprint density at radius 2 is 2.50 bits per heavy atom. The first-order chi connectivity index (χ1) is 5.77. The Morgan fingerprint density at radius 3 is 3.08 bits per heavy atom. The lowest BCUT2D eigenvalue weighted by molar-refractivity contribution is 0.387. The van der Waals surface area contributed by atoms with E-state index in [1.54, 1.807) is 0 Å². The fourth-order valence-electron chi connectivity index (χ4n) is 1.33. The van der Waals surface area contributed by atoms with E-state index in [2.05, 4.69) is 18.9 Å². The zero-order chi connectivity index (χ0) is 8.55. The topological polar surface area (TPSA) is 30.4 Å². The summed E-state index contributed by atoms with van der Waals surface area (Å²) in [6.45, 7) is 6.24. The first kappa shape index (κ1) is 7.80. The van der Waals surface area contributed by atoms with Crippen LogP contribution in [0.1, 0.15) is 25.6 Å². The molecule has 66 valence electrons. The van der Waals surface area contributed by atoms with Crippen LogP contribution in [0, 0.1) is 5.92 Å². The SMILES string of the molecule is CC(C)Cn1nccc1[C@H]1CO1. The average molecular weight is 166 g/mol. The Labute approximate surface area is 72.3 Å². The van der Waals surface area contributed by atoms with Crippen molar-refractivity contribution in [2.75, 3.05) is 6.61 Å². The number of hydrogen-bond donors (Lipinski definition) is 0. The van der Waals surface area contributed by atoms with E-state index in [1.165, 1.54) is 5.69 Å². The van der Waals surface area contributed by atoms with Crippen LogP contribution < -0.4 is 0 Å². The molecule has 1 aromatic rings. The molecule has 1 atom stereocenters. The molecule has 1 aliphatic heterocycles. The fraction of sp³-hybridized carbons (Fsp3) is 0.667. The lowest BCUT2D eigenvalue weighted by Gasteiger charge is -2.07.